The van der Waals surface area contributed by atoms with Gasteiger partial charge in [0.2, 0.25) is 5.91 Å². The maximum atomic E-state index is 11.5. The van der Waals surface area contributed by atoms with Crippen molar-refractivity contribution in [3.8, 4) is 0 Å². The van der Waals surface area contributed by atoms with Crippen molar-refractivity contribution in [3.05, 3.63) is 0 Å². The number of piperidine rings is 1. The molecule has 0 aromatic rings. The van der Waals surface area contributed by atoms with Gasteiger partial charge in [0.1, 0.15) is 0 Å². The number of nitrogens with zero attached hydrogens (tertiary/aromatic N) is 3. The van der Waals surface area contributed by atoms with Gasteiger partial charge in [-0.3, -0.25) is 14.7 Å². The molecule has 3 aliphatic heterocycles. The van der Waals surface area contributed by atoms with Crippen LogP contribution < -0.4 is 10.6 Å². The lowest BCUT2D eigenvalue weighted by atomic mass is 9.95. The minimum absolute atomic E-state index is 0.178. The first-order valence-electron chi connectivity index (χ1n) is 9.76. The Bertz CT molecular complexity index is 496. The Kier molecular flexibility index (Phi) is 7.05. The van der Waals surface area contributed by atoms with E-state index in [1.807, 2.05) is 11.9 Å². The molecule has 1 unspecified atom stereocenters. The number of amides is 1. The molecule has 0 radical (unpaired) electrons. The largest absolute Gasteiger partial charge is 0.379 e. The van der Waals surface area contributed by atoms with Gasteiger partial charge in [-0.1, -0.05) is 0 Å². The predicted octanol–water partition coefficient (Wildman–Crippen LogP) is 0.370. The van der Waals surface area contributed by atoms with E-state index in [-0.39, 0.29) is 11.4 Å². The highest BCUT2D eigenvalue weighted by atomic mass is 32.2. The lowest BCUT2D eigenvalue weighted by molar-refractivity contribution is -0.129. The van der Waals surface area contributed by atoms with Crippen LogP contribution in [0.4, 0.5) is 0 Å². The molecule has 1 amide bonds. The monoisotopic (exact) mass is 383 g/mol. The van der Waals surface area contributed by atoms with E-state index in [1.165, 1.54) is 17.9 Å². The molecule has 1 atom stereocenters. The van der Waals surface area contributed by atoms with Crippen molar-refractivity contribution in [2.75, 3.05) is 64.5 Å². The normalized spacial score (nSPS) is 29.0. The Balaban J connectivity index is 1.50. The summed E-state index contributed by atoms with van der Waals surface area (Å²) in [5, 5.41) is 7.15. The van der Waals surface area contributed by atoms with Crippen molar-refractivity contribution < 1.29 is 9.53 Å². The highest BCUT2D eigenvalue weighted by Gasteiger charge is 2.40. The van der Waals surface area contributed by atoms with Crippen molar-refractivity contribution in [1.82, 2.24) is 20.4 Å². The van der Waals surface area contributed by atoms with Crippen molar-refractivity contribution in [3.63, 3.8) is 0 Å². The summed E-state index contributed by atoms with van der Waals surface area (Å²) in [4.78, 5) is 20.5. The van der Waals surface area contributed by atoms with Crippen molar-refractivity contribution >= 4 is 23.6 Å². The van der Waals surface area contributed by atoms with Gasteiger partial charge >= 0.3 is 0 Å². The van der Waals surface area contributed by atoms with Crippen LogP contribution in [0.3, 0.4) is 0 Å². The van der Waals surface area contributed by atoms with Gasteiger partial charge in [0, 0.05) is 64.0 Å². The summed E-state index contributed by atoms with van der Waals surface area (Å²) in [6, 6.07) is 0.383. The number of hydrogen-bond donors (Lipinski definition) is 2. The number of aliphatic imine (C=N–C) groups is 1. The van der Waals surface area contributed by atoms with Crippen LogP contribution in [0.2, 0.25) is 0 Å². The van der Waals surface area contributed by atoms with Crippen molar-refractivity contribution in [1.29, 1.82) is 0 Å². The van der Waals surface area contributed by atoms with E-state index in [4.69, 9.17) is 4.74 Å². The molecule has 0 aromatic heterocycles. The first-order valence-corrected chi connectivity index (χ1v) is 10.9. The first kappa shape index (κ1) is 19.8. The van der Waals surface area contributed by atoms with Gasteiger partial charge in [0.15, 0.2) is 5.96 Å². The van der Waals surface area contributed by atoms with E-state index in [2.05, 4.69) is 32.3 Å². The lowest BCUT2D eigenvalue weighted by Crippen LogP contribution is -2.60. The maximum Gasteiger partial charge on any atom is 0.219 e. The number of thioether (sulfide) groups is 1. The summed E-state index contributed by atoms with van der Waals surface area (Å²) in [5.74, 6) is 3.47. The smallest absolute Gasteiger partial charge is 0.219 e. The van der Waals surface area contributed by atoms with Crippen LogP contribution in [0, 0.1) is 0 Å². The quantitative estimate of drug-likeness (QED) is 0.540. The second-order valence-electron chi connectivity index (χ2n) is 7.48. The van der Waals surface area contributed by atoms with Crippen LogP contribution in [-0.4, -0.2) is 97.7 Å². The lowest BCUT2D eigenvalue weighted by Gasteiger charge is -2.43. The molecule has 148 valence electrons. The molecule has 0 aromatic carbocycles. The molecule has 8 heteroatoms. The molecule has 7 nitrogen and oxygen atoms in total. The van der Waals surface area contributed by atoms with Gasteiger partial charge in [-0.15, -0.1) is 0 Å². The Labute approximate surface area is 161 Å². The zero-order valence-corrected chi connectivity index (χ0v) is 16.9. The zero-order chi connectivity index (χ0) is 18.4. The zero-order valence-electron chi connectivity index (χ0n) is 16.1. The van der Waals surface area contributed by atoms with Gasteiger partial charge < -0.3 is 20.3 Å². The standard InChI is InChI=1S/C18H33N5O2S/c1-15(24)22-6-3-16(4-7-22)21-17(19-2)20-13-18(5-12-26-14-18)23-8-10-25-11-9-23/h16H,3-14H2,1-2H3,(H2,19,20,21). The third-order valence-corrected chi connectivity index (χ3v) is 7.09. The number of nitrogens with one attached hydrogen (secondary N) is 2. The highest BCUT2D eigenvalue weighted by molar-refractivity contribution is 7.99. The highest BCUT2D eigenvalue weighted by Crippen LogP contribution is 2.33. The molecule has 0 aliphatic carbocycles. The van der Waals surface area contributed by atoms with E-state index in [0.717, 1.165) is 64.7 Å². The fraction of sp³-hybridized carbons (Fsp3) is 0.889. The summed E-state index contributed by atoms with van der Waals surface area (Å²) < 4.78 is 5.54. The number of hydrogen-bond acceptors (Lipinski definition) is 5. The van der Waals surface area contributed by atoms with E-state index in [9.17, 15) is 4.79 Å². The van der Waals surface area contributed by atoms with Crippen LogP contribution in [0.25, 0.3) is 0 Å². The van der Waals surface area contributed by atoms with E-state index < -0.39 is 0 Å². The number of guanidine groups is 1. The summed E-state index contributed by atoms with van der Waals surface area (Å²) in [6.45, 7) is 7.97. The van der Waals surface area contributed by atoms with Gasteiger partial charge in [-0.2, -0.15) is 11.8 Å². The Morgan fingerprint density at radius 1 is 1.27 bits per heavy atom. The van der Waals surface area contributed by atoms with Gasteiger partial charge in [0.05, 0.1) is 13.2 Å². The number of carbonyl (C=O) groups excluding carboxylic acids is 1. The molecular formula is C18H33N5O2S. The van der Waals surface area contributed by atoms with E-state index >= 15 is 0 Å². The van der Waals surface area contributed by atoms with Gasteiger partial charge in [-0.25, -0.2) is 0 Å². The SMILES string of the molecule is CN=C(NCC1(N2CCOCC2)CCSC1)NC1CCN(C(C)=O)CC1. The third kappa shape index (κ3) is 4.84. The van der Waals surface area contributed by atoms with E-state index in [0.29, 0.717) is 6.04 Å². The van der Waals surface area contributed by atoms with Crippen LogP contribution in [0.5, 0.6) is 0 Å². The molecule has 0 bridgehead atoms. The van der Waals surface area contributed by atoms with Crippen LogP contribution in [-0.2, 0) is 9.53 Å². The summed E-state index contributed by atoms with van der Waals surface area (Å²) in [7, 11) is 1.84. The topological polar surface area (TPSA) is 69.2 Å². The Morgan fingerprint density at radius 3 is 2.58 bits per heavy atom. The Hall–Kier alpha value is -0.990. The first-order chi connectivity index (χ1) is 12.6. The molecule has 3 saturated heterocycles. The van der Waals surface area contributed by atoms with Crippen LogP contribution in [0.1, 0.15) is 26.2 Å². The number of carbonyl (C=O) groups is 1. The molecule has 3 rings (SSSR count). The van der Waals surface area contributed by atoms with Crippen molar-refractivity contribution in [2.45, 2.75) is 37.8 Å². The second-order valence-corrected chi connectivity index (χ2v) is 8.58. The minimum Gasteiger partial charge on any atom is -0.379 e. The summed E-state index contributed by atoms with van der Waals surface area (Å²) >= 11 is 2.05. The minimum atomic E-state index is 0.178. The average Bonchev–Trinajstić information content (AvgIpc) is 3.16. The number of rotatable bonds is 4. The number of likely N-dealkylation sites (tertiary alicyclic amines) is 1. The Morgan fingerprint density at radius 2 is 2.00 bits per heavy atom. The summed E-state index contributed by atoms with van der Waals surface area (Å²) in [5.41, 5.74) is 0.212. The molecule has 3 aliphatic rings. The molecule has 26 heavy (non-hydrogen) atoms. The van der Waals surface area contributed by atoms with Crippen LogP contribution >= 0.6 is 11.8 Å². The average molecular weight is 384 g/mol. The third-order valence-electron chi connectivity index (χ3n) is 5.85. The van der Waals surface area contributed by atoms with Gasteiger partial charge in [-0.05, 0) is 25.0 Å². The molecule has 0 spiro atoms. The fourth-order valence-electron chi connectivity index (χ4n) is 4.11. The second kappa shape index (κ2) is 9.28. The molecular weight excluding hydrogens is 350 g/mol. The maximum absolute atomic E-state index is 11.5. The molecule has 0 saturated carbocycles. The number of ether oxygens (including phenoxy) is 1. The molecule has 2 N–H and O–H groups in total. The van der Waals surface area contributed by atoms with Gasteiger partial charge in [0.25, 0.3) is 0 Å². The van der Waals surface area contributed by atoms with E-state index in [1.54, 1.807) is 6.92 Å². The number of morpholine rings is 1. The van der Waals surface area contributed by atoms with Crippen LogP contribution in [0.15, 0.2) is 4.99 Å². The predicted molar refractivity (Wildman–Crippen MR) is 107 cm³/mol. The molecule has 3 heterocycles. The molecule has 3 fully saturated rings. The fourth-order valence-corrected chi connectivity index (χ4v) is 5.59. The van der Waals surface area contributed by atoms with Crippen molar-refractivity contribution in [2.24, 2.45) is 4.99 Å². The summed E-state index contributed by atoms with van der Waals surface area (Å²) in [6.07, 6.45) is 3.17.